The smallest absolute Gasteiger partial charge is 0.147 e. The van der Waals surface area contributed by atoms with Gasteiger partial charge in [0, 0.05) is 18.2 Å². The number of nitriles is 2. The van der Waals surface area contributed by atoms with E-state index < -0.39 is 0 Å². The van der Waals surface area contributed by atoms with Crippen LogP contribution in [0.1, 0.15) is 25.0 Å². The molecule has 0 bridgehead atoms. The first-order valence-electron chi connectivity index (χ1n) is 6.05. The molecule has 0 amide bonds. The molecule has 1 heterocycles. The Bertz CT molecular complexity index is 614. The van der Waals surface area contributed by atoms with Gasteiger partial charge in [0.25, 0.3) is 0 Å². The summed E-state index contributed by atoms with van der Waals surface area (Å²) in [6.45, 7) is 6.14. The molecule has 0 aromatic heterocycles. The van der Waals surface area contributed by atoms with Crippen molar-refractivity contribution < 1.29 is 4.74 Å². The van der Waals surface area contributed by atoms with Crippen LogP contribution in [-0.4, -0.2) is 5.60 Å². The van der Waals surface area contributed by atoms with E-state index >= 15 is 0 Å². The lowest BCUT2D eigenvalue weighted by Crippen LogP contribution is -2.24. The first-order valence-corrected chi connectivity index (χ1v) is 6.05. The zero-order valence-corrected chi connectivity index (χ0v) is 11.2. The maximum atomic E-state index is 8.71. The van der Waals surface area contributed by atoms with Crippen LogP contribution in [-0.2, 0) is 6.42 Å². The van der Waals surface area contributed by atoms with Gasteiger partial charge < -0.3 is 10.1 Å². The fraction of sp³-hybridized carbons (Fsp3) is 0.333. The lowest BCUT2D eigenvalue weighted by atomic mass is 9.98. The van der Waals surface area contributed by atoms with Crippen molar-refractivity contribution in [3.05, 3.63) is 35.0 Å². The number of anilines is 1. The second-order valence-electron chi connectivity index (χ2n) is 5.20. The van der Waals surface area contributed by atoms with E-state index in [0.717, 1.165) is 17.9 Å². The Labute approximate surface area is 112 Å². The highest BCUT2D eigenvalue weighted by atomic mass is 16.5. The molecule has 1 aromatic carbocycles. The second kappa shape index (κ2) is 4.66. The SMILES string of the molecule is Cc1ccc(NC=C(C#N)C#N)c2c1CC(C)(C)O2. The normalized spacial score (nSPS) is 14.6. The molecule has 96 valence electrons. The van der Waals surface area contributed by atoms with Crippen molar-refractivity contribution >= 4 is 5.69 Å². The molecular formula is C15H15N3O. The number of rotatable bonds is 2. The van der Waals surface area contributed by atoms with Gasteiger partial charge in [0.1, 0.15) is 29.1 Å². The number of allylic oxidation sites excluding steroid dienone is 1. The molecule has 0 atom stereocenters. The summed E-state index contributed by atoms with van der Waals surface area (Å²) in [5.74, 6) is 0.816. The van der Waals surface area contributed by atoms with Gasteiger partial charge in [0.15, 0.2) is 0 Å². The van der Waals surface area contributed by atoms with Crippen LogP contribution in [0.4, 0.5) is 5.69 Å². The molecule has 0 spiro atoms. The van der Waals surface area contributed by atoms with Crippen LogP contribution >= 0.6 is 0 Å². The van der Waals surface area contributed by atoms with Gasteiger partial charge in [0.2, 0.25) is 0 Å². The van der Waals surface area contributed by atoms with Crippen molar-refractivity contribution in [3.8, 4) is 17.9 Å². The number of hydrogen-bond donors (Lipinski definition) is 1. The summed E-state index contributed by atoms with van der Waals surface area (Å²) in [6.07, 6.45) is 2.26. The van der Waals surface area contributed by atoms with E-state index in [2.05, 4.69) is 12.2 Å². The Balaban J connectivity index is 2.37. The van der Waals surface area contributed by atoms with Gasteiger partial charge in [-0.2, -0.15) is 10.5 Å². The minimum atomic E-state index is -0.220. The van der Waals surface area contributed by atoms with Crippen LogP contribution in [0.15, 0.2) is 23.9 Å². The average Bonchev–Trinajstić information content (AvgIpc) is 2.69. The third-order valence-electron chi connectivity index (χ3n) is 3.09. The van der Waals surface area contributed by atoms with Crippen LogP contribution < -0.4 is 10.1 Å². The van der Waals surface area contributed by atoms with Crippen LogP contribution in [0.25, 0.3) is 0 Å². The molecule has 0 unspecified atom stereocenters. The van der Waals surface area contributed by atoms with Gasteiger partial charge in [0.05, 0.1) is 5.69 Å². The molecule has 0 saturated heterocycles. The number of nitrogens with zero attached hydrogens (tertiary/aromatic N) is 2. The number of hydrogen-bond acceptors (Lipinski definition) is 4. The Kier molecular flexibility index (Phi) is 3.19. The average molecular weight is 253 g/mol. The van der Waals surface area contributed by atoms with Crippen LogP contribution in [0.2, 0.25) is 0 Å². The molecule has 1 aliphatic rings. The topological polar surface area (TPSA) is 68.8 Å². The van der Waals surface area contributed by atoms with Crippen LogP contribution in [0, 0.1) is 29.6 Å². The summed E-state index contributed by atoms with van der Waals surface area (Å²) >= 11 is 0. The van der Waals surface area contributed by atoms with Crippen molar-refractivity contribution in [1.29, 1.82) is 10.5 Å². The monoisotopic (exact) mass is 253 g/mol. The molecule has 1 N–H and O–H groups in total. The van der Waals surface area contributed by atoms with Crippen molar-refractivity contribution in [2.24, 2.45) is 0 Å². The predicted molar refractivity (Wildman–Crippen MR) is 72.5 cm³/mol. The minimum Gasteiger partial charge on any atom is -0.485 e. The van der Waals surface area contributed by atoms with Gasteiger partial charge >= 0.3 is 0 Å². The van der Waals surface area contributed by atoms with Crippen LogP contribution in [0.3, 0.4) is 0 Å². The maximum Gasteiger partial charge on any atom is 0.147 e. The summed E-state index contributed by atoms with van der Waals surface area (Å²) in [7, 11) is 0. The van der Waals surface area contributed by atoms with Crippen molar-refractivity contribution in [2.75, 3.05) is 5.32 Å². The van der Waals surface area contributed by atoms with Gasteiger partial charge in [-0.05, 0) is 32.4 Å². The van der Waals surface area contributed by atoms with Gasteiger partial charge in [-0.15, -0.1) is 0 Å². The predicted octanol–water partition coefficient (Wildman–Crippen LogP) is 3.05. The molecule has 2 rings (SSSR count). The quantitative estimate of drug-likeness (QED) is 0.822. The van der Waals surface area contributed by atoms with Crippen molar-refractivity contribution in [2.45, 2.75) is 32.8 Å². The highest BCUT2D eigenvalue weighted by Gasteiger charge is 2.32. The third kappa shape index (κ3) is 2.53. The fourth-order valence-electron chi connectivity index (χ4n) is 2.15. The lowest BCUT2D eigenvalue weighted by Gasteiger charge is -2.18. The standard InChI is InChI=1S/C15H15N3O/c1-10-4-5-13(18-9-11(7-16)8-17)14-12(10)6-15(2,3)19-14/h4-5,9,18H,6H2,1-3H3. The van der Waals surface area contributed by atoms with E-state index in [1.807, 2.05) is 38.1 Å². The van der Waals surface area contributed by atoms with E-state index in [-0.39, 0.29) is 11.2 Å². The summed E-state index contributed by atoms with van der Waals surface area (Å²) in [6, 6.07) is 7.54. The highest BCUT2D eigenvalue weighted by molar-refractivity contribution is 5.66. The van der Waals surface area contributed by atoms with Crippen LogP contribution in [0.5, 0.6) is 5.75 Å². The van der Waals surface area contributed by atoms with Crippen molar-refractivity contribution in [3.63, 3.8) is 0 Å². The summed E-state index contributed by atoms with van der Waals surface area (Å²) in [5.41, 5.74) is 2.97. The number of fused-ring (bicyclic) bond motifs is 1. The van der Waals surface area contributed by atoms with Gasteiger partial charge in [-0.1, -0.05) is 6.07 Å². The zero-order valence-electron chi connectivity index (χ0n) is 11.2. The highest BCUT2D eigenvalue weighted by Crippen LogP contribution is 2.42. The molecule has 19 heavy (non-hydrogen) atoms. The fourth-order valence-corrected chi connectivity index (χ4v) is 2.15. The minimum absolute atomic E-state index is 0.0339. The molecule has 0 radical (unpaired) electrons. The van der Waals surface area contributed by atoms with Crippen molar-refractivity contribution in [1.82, 2.24) is 0 Å². The molecule has 4 nitrogen and oxygen atoms in total. The zero-order chi connectivity index (χ0) is 14.0. The number of aryl methyl sites for hydroxylation is 1. The van der Waals surface area contributed by atoms with Gasteiger partial charge in [-0.25, -0.2) is 0 Å². The number of nitrogens with one attached hydrogen (secondary N) is 1. The summed E-state index contributed by atoms with van der Waals surface area (Å²) in [4.78, 5) is 0. The molecule has 0 saturated carbocycles. The molecule has 0 fully saturated rings. The second-order valence-corrected chi connectivity index (χ2v) is 5.20. The summed E-state index contributed by atoms with van der Waals surface area (Å²) in [5, 5.41) is 20.4. The summed E-state index contributed by atoms with van der Waals surface area (Å²) < 4.78 is 5.95. The maximum absolute atomic E-state index is 8.71. The molecular weight excluding hydrogens is 238 g/mol. The molecule has 4 heteroatoms. The Hall–Kier alpha value is -2.46. The van der Waals surface area contributed by atoms with E-state index in [4.69, 9.17) is 15.3 Å². The Morgan fingerprint density at radius 2 is 2.05 bits per heavy atom. The third-order valence-corrected chi connectivity index (χ3v) is 3.09. The van der Waals surface area contributed by atoms with E-state index in [1.54, 1.807) is 0 Å². The lowest BCUT2D eigenvalue weighted by molar-refractivity contribution is 0.139. The molecule has 1 aromatic rings. The van der Waals surface area contributed by atoms with E-state index in [0.29, 0.717) is 0 Å². The first kappa shape index (κ1) is 13.0. The van der Waals surface area contributed by atoms with Gasteiger partial charge in [-0.3, -0.25) is 0 Å². The van der Waals surface area contributed by atoms with E-state index in [9.17, 15) is 0 Å². The first-order chi connectivity index (χ1) is 8.96. The molecule has 1 aliphatic heterocycles. The Morgan fingerprint density at radius 1 is 1.37 bits per heavy atom. The van der Waals surface area contributed by atoms with E-state index in [1.165, 1.54) is 17.3 Å². The Morgan fingerprint density at radius 3 is 2.68 bits per heavy atom. The largest absolute Gasteiger partial charge is 0.485 e. The molecule has 0 aliphatic carbocycles. The number of benzene rings is 1. The number of ether oxygens (including phenoxy) is 1.